The highest BCUT2D eigenvalue weighted by molar-refractivity contribution is 7.92. The van der Waals surface area contributed by atoms with Gasteiger partial charge in [-0.3, -0.25) is 9.29 Å². The maximum Gasteiger partial charge on any atom is 0.261 e. The molecule has 0 saturated carbocycles. The Morgan fingerprint density at radius 1 is 1.00 bits per heavy atom. The first-order chi connectivity index (χ1) is 14.1. The first kappa shape index (κ1) is 20.4. The summed E-state index contributed by atoms with van der Waals surface area (Å²) in [4.78, 5) is 8.87. The maximum atomic E-state index is 13.0. The van der Waals surface area contributed by atoms with E-state index >= 15 is 0 Å². The van der Waals surface area contributed by atoms with E-state index in [-0.39, 0.29) is 10.3 Å². The van der Waals surface area contributed by atoms with Crippen LogP contribution in [0.1, 0.15) is 26.3 Å². The van der Waals surface area contributed by atoms with E-state index in [0.717, 1.165) is 5.56 Å². The molecule has 0 saturated heterocycles. The van der Waals surface area contributed by atoms with Crippen molar-refractivity contribution in [3.63, 3.8) is 0 Å². The SMILES string of the molecule is CC(C)(C)c1ccc(S(=O)(=O)Nc2ccc(Cl)cc2-n2cnc3cccnc32)cc1. The molecule has 2 aromatic carbocycles. The predicted molar refractivity (Wildman–Crippen MR) is 120 cm³/mol. The Balaban J connectivity index is 1.75. The van der Waals surface area contributed by atoms with Crippen LogP contribution < -0.4 is 4.72 Å². The van der Waals surface area contributed by atoms with Crippen LogP contribution in [0.2, 0.25) is 5.02 Å². The summed E-state index contributed by atoms with van der Waals surface area (Å²) in [5.74, 6) is 0. The minimum atomic E-state index is -3.80. The summed E-state index contributed by atoms with van der Waals surface area (Å²) in [6, 6.07) is 15.5. The van der Waals surface area contributed by atoms with Crippen LogP contribution in [0.4, 0.5) is 5.69 Å². The molecule has 0 atom stereocenters. The molecule has 4 aromatic rings. The molecule has 0 radical (unpaired) electrons. The maximum absolute atomic E-state index is 13.0. The normalized spacial score (nSPS) is 12.3. The van der Waals surface area contributed by atoms with Gasteiger partial charge in [-0.15, -0.1) is 0 Å². The molecule has 0 amide bonds. The van der Waals surface area contributed by atoms with Gasteiger partial charge in [0.05, 0.1) is 16.3 Å². The summed E-state index contributed by atoms with van der Waals surface area (Å²) in [6.45, 7) is 6.24. The Kier molecular flexibility index (Phi) is 5.03. The molecular formula is C22H21ClN4O2S. The minimum Gasteiger partial charge on any atom is -0.281 e. The number of pyridine rings is 1. The van der Waals surface area contributed by atoms with Crippen molar-refractivity contribution in [3.05, 3.63) is 77.7 Å². The molecule has 6 nitrogen and oxygen atoms in total. The van der Waals surface area contributed by atoms with E-state index in [9.17, 15) is 8.42 Å². The highest BCUT2D eigenvalue weighted by Gasteiger charge is 2.20. The van der Waals surface area contributed by atoms with Gasteiger partial charge in [-0.25, -0.2) is 18.4 Å². The molecule has 0 fully saturated rings. The van der Waals surface area contributed by atoms with E-state index in [1.54, 1.807) is 53.5 Å². The third-order valence-electron chi connectivity index (χ3n) is 4.80. The van der Waals surface area contributed by atoms with Crippen LogP contribution in [-0.2, 0) is 15.4 Å². The number of sulfonamides is 1. The van der Waals surface area contributed by atoms with Crippen molar-refractivity contribution < 1.29 is 8.42 Å². The average molecular weight is 441 g/mol. The van der Waals surface area contributed by atoms with Gasteiger partial charge in [0.2, 0.25) is 0 Å². The topological polar surface area (TPSA) is 76.9 Å². The Hall–Kier alpha value is -2.90. The lowest BCUT2D eigenvalue weighted by Gasteiger charge is -2.19. The summed E-state index contributed by atoms with van der Waals surface area (Å²) >= 11 is 6.20. The Morgan fingerprint density at radius 2 is 1.73 bits per heavy atom. The summed E-state index contributed by atoms with van der Waals surface area (Å²) in [5, 5.41) is 0.472. The molecule has 1 N–H and O–H groups in total. The summed E-state index contributed by atoms with van der Waals surface area (Å²) < 4.78 is 30.5. The number of fused-ring (bicyclic) bond motifs is 1. The van der Waals surface area contributed by atoms with Gasteiger partial charge in [0.15, 0.2) is 5.65 Å². The zero-order valence-electron chi connectivity index (χ0n) is 16.8. The standard InChI is InChI=1S/C22H21ClN4O2S/c1-22(2,3)15-6-9-17(10-7-15)30(28,29)26-18-11-8-16(23)13-20(18)27-14-25-19-5-4-12-24-21(19)27/h4-14,26H,1-3H3. The largest absolute Gasteiger partial charge is 0.281 e. The number of anilines is 1. The van der Waals surface area contributed by atoms with Crippen molar-refractivity contribution in [2.24, 2.45) is 0 Å². The Labute approximate surface area is 180 Å². The lowest BCUT2D eigenvalue weighted by Crippen LogP contribution is -2.16. The van der Waals surface area contributed by atoms with Gasteiger partial charge in [0.25, 0.3) is 10.0 Å². The average Bonchev–Trinajstić information content (AvgIpc) is 3.13. The number of halogens is 1. The van der Waals surface area contributed by atoms with Crippen molar-refractivity contribution in [1.29, 1.82) is 0 Å². The molecule has 0 aliphatic rings. The van der Waals surface area contributed by atoms with Crippen molar-refractivity contribution >= 4 is 38.5 Å². The highest BCUT2D eigenvalue weighted by atomic mass is 35.5. The summed E-state index contributed by atoms with van der Waals surface area (Å²) in [5.41, 5.74) is 3.22. The summed E-state index contributed by atoms with van der Waals surface area (Å²) in [6.07, 6.45) is 3.25. The van der Waals surface area contributed by atoms with Gasteiger partial charge in [-0.2, -0.15) is 0 Å². The first-order valence-electron chi connectivity index (χ1n) is 9.36. The third kappa shape index (κ3) is 3.91. The second kappa shape index (κ2) is 7.41. The minimum absolute atomic E-state index is 0.0610. The molecule has 4 rings (SSSR count). The number of aromatic nitrogens is 3. The number of hydrogen-bond acceptors (Lipinski definition) is 4. The van der Waals surface area contributed by atoms with Crippen LogP contribution in [0.25, 0.3) is 16.9 Å². The molecule has 0 aliphatic heterocycles. The van der Waals surface area contributed by atoms with Crippen LogP contribution in [0.5, 0.6) is 0 Å². The zero-order valence-corrected chi connectivity index (χ0v) is 18.4. The van der Waals surface area contributed by atoms with E-state index in [0.29, 0.717) is 27.6 Å². The van der Waals surface area contributed by atoms with E-state index < -0.39 is 10.0 Å². The van der Waals surface area contributed by atoms with Crippen LogP contribution in [-0.4, -0.2) is 23.0 Å². The van der Waals surface area contributed by atoms with Gasteiger partial charge in [0, 0.05) is 11.2 Å². The Bertz CT molecular complexity index is 1320. The smallest absolute Gasteiger partial charge is 0.261 e. The quantitative estimate of drug-likeness (QED) is 0.474. The first-order valence-corrected chi connectivity index (χ1v) is 11.2. The number of nitrogens with one attached hydrogen (secondary N) is 1. The summed E-state index contributed by atoms with van der Waals surface area (Å²) in [7, 11) is -3.80. The number of rotatable bonds is 4. The molecule has 2 heterocycles. The fourth-order valence-corrected chi connectivity index (χ4v) is 4.39. The van der Waals surface area contributed by atoms with Crippen LogP contribution >= 0.6 is 11.6 Å². The van der Waals surface area contributed by atoms with Crippen molar-refractivity contribution in [1.82, 2.24) is 14.5 Å². The predicted octanol–water partition coefficient (Wildman–Crippen LogP) is 5.17. The van der Waals surface area contributed by atoms with Crippen molar-refractivity contribution in [3.8, 4) is 5.69 Å². The van der Waals surface area contributed by atoms with Gasteiger partial charge in [0.1, 0.15) is 11.8 Å². The molecular weight excluding hydrogens is 420 g/mol. The van der Waals surface area contributed by atoms with Gasteiger partial charge < -0.3 is 0 Å². The number of imidazole rings is 1. The van der Waals surface area contributed by atoms with Crippen LogP contribution in [0.15, 0.2) is 72.0 Å². The fraction of sp³-hybridized carbons (Fsp3) is 0.182. The van der Waals surface area contributed by atoms with Gasteiger partial charge >= 0.3 is 0 Å². The fourth-order valence-electron chi connectivity index (χ4n) is 3.15. The lowest BCUT2D eigenvalue weighted by atomic mass is 9.87. The second-order valence-electron chi connectivity index (χ2n) is 8.00. The third-order valence-corrected chi connectivity index (χ3v) is 6.42. The van der Waals surface area contributed by atoms with Gasteiger partial charge in [-0.1, -0.05) is 44.5 Å². The molecule has 0 unspecified atom stereocenters. The van der Waals surface area contributed by atoms with Crippen LogP contribution in [0.3, 0.4) is 0 Å². The molecule has 8 heteroatoms. The number of hydrogen-bond donors (Lipinski definition) is 1. The monoisotopic (exact) mass is 440 g/mol. The van der Waals surface area contributed by atoms with E-state index in [2.05, 4.69) is 35.5 Å². The second-order valence-corrected chi connectivity index (χ2v) is 10.1. The van der Waals surface area contributed by atoms with Crippen molar-refractivity contribution in [2.45, 2.75) is 31.1 Å². The van der Waals surface area contributed by atoms with E-state index in [1.165, 1.54) is 0 Å². The zero-order chi connectivity index (χ0) is 21.5. The van der Waals surface area contributed by atoms with Gasteiger partial charge in [-0.05, 0) is 53.4 Å². The molecule has 0 spiro atoms. The molecule has 154 valence electrons. The van der Waals surface area contributed by atoms with Crippen molar-refractivity contribution in [2.75, 3.05) is 4.72 Å². The molecule has 0 aliphatic carbocycles. The molecule has 0 bridgehead atoms. The molecule has 30 heavy (non-hydrogen) atoms. The lowest BCUT2D eigenvalue weighted by molar-refractivity contribution is 0.587. The number of benzene rings is 2. The van der Waals surface area contributed by atoms with E-state index in [4.69, 9.17) is 11.6 Å². The molecule has 2 aromatic heterocycles. The van der Waals surface area contributed by atoms with Crippen LogP contribution in [0, 0.1) is 0 Å². The highest BCUT2D eigenvalue weighted by Crippen LogP contribution is 2.30. The Morgan fingerprint density at radius 3 is 2.43 bits per heavy atom. The van der Waals surface area contributed by atoms with E-state index in [1.807, 2.05) is 18.2 Å². The number of nitrogens with zero attached hydrogens (tertiary/aromatic N) is 3.